The van der Waals surface area contributed by atoms with Crippen molar-refractivity contribution >= 4 is 45.9 Å². The molecule has 9 nitrogen and oxygen atoms in total. The van der Waals surface area contributed by atoms with Gasteiger partial charge in [-0.15, -0.1) is 0 Å². The van der Waals surface area contributed by atoms with Crippen LogP contribution in [-0.2, 0) is 4.79 Å². The fraction of sp³-hybridized carbons (Fsp3) is 0.0741. The van der Waals surface area contributed by atoms with Gasteiger partial charge in [0.25, 0.3) is 11.6 Å². The number of hydrogen-bond donors (Lipinski definition) is 1. The van der Waals surface area contributed by atoms with Gasteiger partial charge in [0, 0.05) is 32.8 Å². The normalized spacial score (nSPS) is 11.0. The van der Waals surface area contributed by atoms with Crippen molar-refractivity contribution in [3.8, 4) is 23.4 Å². The van der Waals surface area contributed by atoms with E-state index in [9.17, 15) is 20.2 Å². The number of ether oxygens (including phenoxy) is 1. The summed E-state index contributed by atoms with van der Waals surface area (Å²) >= 11 is 2.13. The van der Waals surface area contributed by atoms with E-state index in [-0.39, 0.29) is 17.1 Å². The third kappa shape index (κ3) is 5.84. The summed E-state index contributed by atoms with van der Waals surface area (Å²) in [7, 11) is 0. The van der Waals surface area contributed by atoms with Crippen LogP contribution in [0.15, 0.2) is 78.5 Å². The number of nitro groups is 1. The summed E-state index contributed by atoms with van der Waals surface area (Å²) < 4.78 is 8.57. The largest absolute Gasteiger partial charge is 0.439 e. The fourth-order valence-corrected chi connectivity index (χ4v) is 4.23. The van der Waals surface area contributed by atoms with Gasteiger partial charge in [-0.2, -0.15) is 5.26 Å². The highest BCUT2D eigenvalue weighted by molar-refractivity contribution is 14.1. The number of nitrogens with one attached hydrogen (secondary N) is 1. The molecule has 0 bridgehead atoms. The number of nitriles is 1. The molecule has 0 aliphatic heterocycles. The van der Waals surface area contributed by atoms with E-state index >= 15 is 0 Å². The zero-order valence-corrected chi connectivity index (χ0v) is 22.0. The number of para-hydroxylation sites is 1. The van der Waals surface area contributed by atoms with E-state index < -0.39 is 10.8 Å². The lowest BCUT2D eigenvalue weighted by Gasteiger charge is -2.11. The molecule has 0 aliphatic rings. The van der Waals surface area contributed by atoms with Gasteiger partial charge in [0.1, 0.15) is 23.6 Å². The Kier molecular flexibility index (Phi) is 7.64. The smallest absolute Gasteiger partial charge is 0.287 e. The monoisotopic (exact) mass is 605 g/mol. The number of anilines is 1. The van der Waals surface area contributed by atoms with Gasteiger partial charge < -0.3 is 14.6 Å². The Hall–Kier alpha value is -4.50. The molecule has 0 saturated carbocycles. The van der Waals surface area contributed by atoms with Gasteiger partial charge in [0.2, 0.25) is 5.88 Å². The first kappa shape index (κ1) is 25.6. The summed E-state index contributed by atoms with van der Waals surface area (Å²) in [5.41, 5.74) is 3.92. The van der Waals surface area contributed by atoms with Crippen LogP contribution in [0.2, 0.25) is 0 Å². The summed E-state index contributed by atoms with van der Waals surface area (Å²) in [5.74, 6) is 0.288. The summed E-state index contributed by atoms with van der Waals surface area (Å²) in [5, 5.41) is 23.2. The second-order valence-corrected chi connectivity index (χ2v) is 9.14. The fourth-order valence-electron chi connectivity index (χ4n) is 3.71. The predicted octanol–water partition coefficient (Wildman–Crippen LogP) is 6.34. The van der Waals surface area contributed by atoms with Gasteiger partial charge in [-0.3, -0.25) is 14.9 Å². The van der Waals surface area contributed by atoms with Gasteiger partial charge in [0.05, 0.1) is 10.6 Å². The third-order valence-electron chi connectivity index (χ3n) is 5.51. The van der Waals surface area contributed by atoms with Crippen LogP contribution < -0.4 is 10.1 Å². The van der Waals surface area contributed by atoms with Gasteiger partial charge in [-0.25, -0.2) is 4.98 Å². The molecule has 1 amide bonds. The van der Waals surface area contributed by atoms with Crippen LogP contribution in [-0.4, -0.2) is 20.4 Å². The van der Waals surface area contributed by atoms with Crippen molar-refractivity contribution in [3.63, 3.8) is 0 Å². The Balaban J connectivity index is 1.54. The molecule has 10 heteroatoms. The number of carbonyl (C=O) groups is 1. The van der Waals surface area contributed by atoms with E-state index in [0.29, 0.717) is 11.4 Å². The van der Waals surface area contributed by atoms with Crippen LogP contribution in [0.1, 0.15) is 17.0 Å². The molecule has 37 heavy (non-hydrogen) atoms. The second kappa shape index (κ2) is 11.0. The lowest BCUT2D eigenvalue weighted by Crippen LogP contribution is -2.14. The number of halogens is 1. The van der Waals surface area contributed by atoms with Crippen molar-refractivity contribution < 1.29 is 14.5 Å². The number of hydrogen-bond acceptors (Lipinski definition) is 6. The quantitative estimate of drug-likeness (QED) is 0.0863. The average molecular weight is 605 g/mol. The molecule has 2 aromatic heterocycles. The zero-order chi connectivity index (χ0) is 26.5. The first-order valence-corrected chi connectivity index (χ1v) is 12.1. The minimum atomic E-state index is -0.521. The highest BCUT2D eigenvalue weighted by Crippen LogP contribution is 2.27. The molecule has 0 radical (unpaired) electrons. The van der Waals surface area contributed by atoms with E-state index in [1.54, 1.807) is 24.3 Å². The van der Waals surface area contributed by atoms with E-state index in [1.165, 1.54) is 12.1 Å². The number of rotatable bonds is 7. The van der Waals surface area contributed by atoms with Crippen LogP contribution in [0.25, 0.3) is 11.8 Å². The lowest BCUT2D eigenvalue weighted by molar-refractivity contribution is -0.385. The number of benzene rings is 2. The van der Waals surface area contributed by atoms with Gasteiger partial charge in [0.15, 0.2) is 0 Å². The Labute approximate surface area is 226 Å². The number of nitrogens with zero attached hydrogens (tertiary/aromatic N) is 4. The minimum absolute atomic E-state index is 0.000696. The van der Waals surface area contributed by atoms with Crippen molar-refractivity contribution in [2.24, 2.45) is 0 Å². The Morgan fingerprint density at radius 3 is 2.51 bits per heavy atom. The van der Waals surface area contributed by atoms with Crippen LogP contribution in [0, 0.1) is 38.9 Å². The van der Waals surface area contributed by atoms with Crippen LogP contribution in [0.4, 0.5) is 11.4 Å². The highest BCUT2D eigenvalue weighted by atomic mass is 127. The molecular weight excluding hydrogens is 585 g/mol. The van der Waals surface area contributed by atoms with E-state index in [1.807, 2.05) is 60.9 Å². The van der Waals surface area contributed by atoms with Crippen molar-refractivity contribution in [2.75, 3.05) is 5.32 Å². The molecule has 4 aromatic rings. The SMILES string of the molecule is Cc1cc(/C=C(/C#N)C(=O)Nc2ccccc2I)c(C)n1-c1ccc(Oc2ccc([N+](=O)[O-])cn2)cc1. The summed E-state index contributed by atoms with van der Waals surface area (Å²) in [6.07, 6.45) is 2.73. The third-order valence-corrected chi connectivity index (χ3v) is 6.45. The Morgan fingerprint density at radius 2 is 1.89 bits per heavy atom. The maximum atomic E-state index is 12.7. The highest BCUT2D eigenvalue weighted by Gasteiger charge is 2.15. The molecule has 1 N–H and O–H groups in total. The Morgan fingerprint density at radius 1 is 1.16 bits per heavy atom. The molecule has 4 rings (SSSR count). The number of pyridine rings is 1. The number of carbonyl (C=O) groups excluding carboxylic acids is 1. The van der Waals surface area contributed by atoms with Crippen LogP contribution in [0.3, 0.4) is 0 Å². The maximum absolute atomic E-state index is 12.7. The van der Waals surface area contributed by atoms with Gasteiger partial charge in [-0.05, 0) is 90.5 Å². The number of amides is 1. The van der Waals surface area contributed by atoms with Crippen molar-refractivity contribution in [2.45, 2.75) is 13.8 Å². The predicted molar refractivity (Wildman–Crippen MR) is 148 cm³/mol. The molecule has 2 aromatic carbocycles. The minimum Gasteiger partial charge on any atom is -0.439 e. The maximum Gasteiger partial charge on any atom is 0.287 e. The summed E-state index contributed by atoms with van der Waals surface area (Å²) in [6.45, 7) is 3.85. The Bertz CT molecular complexity index is 1550. The number of aromatic nitrogens is 2. The van der Waals surface area contributed by atoms with E-state index in [4.69, 9.17) is 4.74 Å². The molecular formula is C27H20IN5O4. The first-order valence-electron chi connectivity index (χ1n) is 11.0. The van der Waals surface area contributed by atoms with E-state index in [0.717, 1.165) is 32.4 Å². The molecule has 0 atom stereocenters. The molecule has 0 aliphatic carbocycles. The molecule has 184 valence electrons. The van der Waals surface area contributed by atoms with Gasteiger partial charge in [-0.1, -0.05) is 12.1 Å². The topological polar surface area (TPSA) is 123 Å². The van der Waals surface area contributed by atoms with Gasteiger partial charge >= 0.3 is 0 Å². The van der Waals surface area contributed by atoms with Crippen LogP contribution in [0.5, 0.6) is 11.6 Å². The van der Waals surface area contributed by atoms with Crippen molar-refractivity contribution in [3.05, 3.63) is 109 Å². The molecule has 0 fully saturated rings. The zero-order valence-electron chi connectivity index (χ0n) is 19.8. The second-order valence-electron chi connectivity index (χ2n) is 7.97. The van der Waals surface area contributed by atoms with Crippen molar-refractivity contribution in [1.82, 2.24) is 9.55 Å². The standard InChI is InChI=1S/C27H20IN5O4/c1-17-13-19(14-20(15-29)27(34)31-25-6-4-3-5-24(25)28)18(2)32(17)21-7-10-23(11-8-21)37-26-12-9-22(16-30-26)33(35)36/h3-14,16H,1-2H3,(H,31,34)/b20-14-. The summed E-state index contributed by atoms with van der Waals surface area (Å²) in [6, 6.07) is 21.3. The first-order chi connectivity index (χ1) is 17.8. The van der Waals surface area contributed by atoms with Crippen LogP contribution >= 0.6 is 22.6 Å². The molecule has 2 heterocycles. The number of aryl methyl sites for hydroxylation is 1. The average Bonchev–Trinajstić information content (AvgIpc) is 3.17. The van der Waals surface area contributed by atoms with E-state index in [2.05, 4.69) is 32.9 Å². The summed E-state index contributed by atoms with van der Waals surface area (Å²) in [4.78, 5) is 27.0. The molecule has 0 saturated heterocycles. The molecule has 0 spiro atoms. The molecule has 0 unspecified atom stereocenters. The lowest BCUT2D eigenvalue weighted by atomic mass is 10.1. The van der Waals surface area contributed by atoms with Crippen molar-refractivity contribution in [1.29, 1.82) is 5.26 Å².